The van der Waals surface area contributed by atoms with Gasteiger partial charge in [-0.1, -0.05) is 0 Å². The number of nitrogens with zero attached hydrogens (tertiary/aromatic N) is 4. The first-order chi connectivity index (χ1) is 11.2. The van der Waals surface area contributed by atoms with Gasteiger partial charge in [-0.3, -0.25) is 9.48 Å². The Morgan fingerprint density at radius 1 is 1.26 bits per heavy atom. The number of methoxy groups -OCH3 is 1. The van der Waals surface area contributed by atoms with E-state index < -0.39 is 0 Å². The van der Waals surface area contributed by atoms with Crippen molar-refractivity contribution in [1.82, 2.24) is 19.6 Å². The van der Waals surface area contributed by atoms with Crippen LogP contribution in [0.15, 0.2) is 35.3 Å². The minimum atomic E-state index is -0.118. The maximum absolute atomic E-state index is 12.7. The number of hydrogen-bond donors (Lipinski definition) is 0. The summed E-state index contributed by atoms with van der Waals surface area (Å²) in [5.41, 5.74) is 2.02. The fourth-order valence-electron chi connectivity index (χ4n) is 3.10. The Labute approximate surface area is 133 Å². The molecule has 1 aliphatic heterocycles. The Morgan fingerprint density at radius 2 is 2.17 bits per heavy atom. The minimum absolute atomic E-state index is 0.118. The standard InChI is InChI=1S/C17H18N4O2/c1-23-15-6-5-12-10-18-21(17(22)16(12)9-15)11-13-8-14-4-2-3-7-20(14)19-13/h5-6,8-10H,2-4,7,11H2,1H3. The smallest absolute Gasteiger partial charge is 0.275 e. The minimum Gasteiger partial charge on any atom is -0.497 e. The third-order valence-corrected chi connectivity index (χ3v) is 4.34. The second-order valence-corrected chi connectivity index (χ2v) is 5.87. The lowest BCUT2D eigenvalue weighted by Gasteiger charge is -2.11. The van der Waals surface area contributed by atoms with Gasteiger partial charge < -0.3 is 4.74 Å². The van der Waals surface area contributed by atoms with Crippen LogP contribution in [0.4, 0.5) is 0 Å². The third-order valence-electron chi connectivity index (χ3n) is 4.34. The Morgan fingerprint density at radius 3 is 3.00 bits per heavy atom. The number of fused-ring (bicyclic) bond motifs is 2. The highest BCUT2D eigenvalue weighted by atomic mass is 16.5. The van der Waals surface area contributed by atoms with E-state index in [-0.39, 0.29) is 5.56 Å². The summed E-state index contributed by atoms with van der Waals surface area (Å²) < 4.78 is 8.72. The van der Waals surface area contributed by atoms with E-state index in [1.54, 1.807) is 19.4 Å². The zero-order valence-corrected chi connectivity index (χ0v) is 13.0. The predicted octanol–water partition coefficient (Wildman–Crippen LogP) is 1.99. The van der Waals surface area contributed by atoms with Gasteiger partial charge in [-0.05, 0) is 43.5 Å². The Balaban J connectivity index is 1.72. The highest BCUT2D eigenvalue weighted by Gasteiger charge is 2.13. The summed E-state index contributed by atoms with van der Waals surface area (Å²) in [5.74, 6) is 0.671. The summed E-state index contributed by atoms with van der Waals surface area (Å²) in [6.45, 7) is 1.36. The molecule has 0 spiro atoms. The molecule has 0 saturated carbocycles. The lowest BCUT2D eigenvalue weighted by Crippen LogP contribution is -2.23. The van der Waals surface area contributed by atoms with Crippen LogP contribution in [-0.4, -0.2) is 26.7 Å². The maximum atomic E-state index is 12.7. The molecule has 0 saturated heterocycles. The average molecular weight is 310 g/mol. The Bertz CT molecular complexity index is 902. The fourth-order valence-corrected chi connectivity index (χ4v) is 3.10. The van der Waals surface area contributed by atoms with Gasteiger partial charge in [-0.2, -0.15) is 10.2 Å². The number of aromatic nitrogens is 4. The van der Waals surface area contributed by atoms with Crippen LogP contribution in [0.1, 0.15) is 24.2 Å². The lowest BCUT2D eigenvalue weighted by atomic mass is 10.1. The molecule has 0 amide bonds. The molecule has 0 radical (unpaired) electrons. The van der Waals surface area contributed by atoms with Gasteiger partial charge >= 0.3 is 0 Å². The molecule has 0 atom stereocenters. The van der Waals surface area contributed by atoms with E-state index in [1.807, 2.05) is 16.8 Å². The van der Waals surface area contributed by atoms with Crippen molar-refractivity contribution in [1.29, 1.82) is 0 Å². The quantitative estimate of drug-likeness (QED) is 0.742. The Hall–Kier alpha value is -2.63. The predicted molar refractivity (Wildman–Crippen MR) is 86.8 cm³/mol. The SMILES string of the molecule is COc1ccc2cnn(Cc3cc4n(n3)CCCC4)c(=O)c2c1. The second-order valence-electron chi connectivity index (χ2n) is 5.87. The van der Waals surface area contributed by atoms with Crippen molar-refractivity contribution in [2.75, 3.05) is 7.11 Å². The second kappa shape index (κ2) is 5.53. The molecule has 0 aliphatic carbocycles. The maximum Gasteiger partial charge on any atom is 0.275 e. The molecule has 0 N–H and O–H groups in total. The van der Waals surface area contributed by atoms with E-state index in [0.29, 0.717) is 17.7 Å². The lowest BCUT2D eigenvalue weighted by molar-refractivity contribution is 0.415. The monoisotopic (exact) mass is 310 g/mol. The van der Waals surface area contributed by atoms with Crippen molar-refractivity contribution in [2.45, 2.75) is 32.4 Å². The van der Waals surface area contributed by atoms with Crippen LogP contribution < -0.4 is 10.3 Å². The molecule has 6 nitrogen and oxygen atoms in total. The van der Waals surface area contributed by atoms with Crippen molar-refractivity contribution in [2.24, 2.45) is 0 Å². The van der Waals surface area contributed by atoms with Crippen molar-refractivity contribution in [3.63, 3.8) is 0 Å². The summed E-state index contributed by atoms with van der Waals surface area (Å²) in [6, 6.07) is 7.52. The van der Waals surface area contributed by atoms with E-state index >= 15 is 0 Å². The molecule has 4 rings (SSSR count). The number of rotatable bonds is 3. The van der Waals surface area contributed by atoms with Gasteiger partial charge in [-0.15, -0.1) is 0 Å². The van der Waals surface area contributed by atoms with E-state index in [1.165, 1.54) is 23.2 Å². The molecular weight excluding hydrogens is 292 g/mol. The van der Waals surface area contributed by atoms with Crippen molar-refractivity contribution in [3.05, 3.63) is 52.2 Å². The molecular formula is C17H18N4O2. The highest BCUT2D eigenvalue weighted by molar-refractivity contribution is 5.82. The van der Waals surface area contributed by atoms with E-state index in [2.05, 4.69) is 16.3 Å². The zero-order chi connectivity index (χ0) is 15.8. The molecule has 118 valence electrons. The first kappa shape index (κ1) is 14.0. The van der Waals surface area contributed by atoms with Crippen LogP contribution >= 0.6 is 0 Å². The highest BCUT2D eigenvalue weighted by Crippen LogP contribution is 2.18. The van der Waals surface area contributed by atoms with Gasteiger partial charge in [0.2, 0.25) is 0 Å². The normalized spacial score (nSPS) is 14.0. The first-order valence-electron chi connectivity index (χ1n) is 7.84. The number of ether oxygens (including phenoxy) is 1. The van der Waals surface area contributed by atoms with Gasteiger partial charge in [-0.25, -0.2) is 4.68 Å². The summed E-state index contributed by atoms with van der Waals surface area (Å²) >= 11 is 0. The van der Waals surface area contributed by atoms with Crippen LogP contribution in [-0.2, 0) is 19.5 Å². The largest absolute Gasteiger partial charge is 0.497 e. The molecule has 0 unspecified atom stereocenters. The summed E-state index contributed by atoms with van der Waals surface area (Å²) in [4.78, 5) is 12.7. The van der Waals surface area contributed by atoms with Crippen LogP contribution in [0.2, 0.25) is 0 Å². The average Bonchev–Trinajstić information content (AvgIpc) is 2.99. The van der Waals surface area contributed by atoms with E-state index in [4.69, 9.17) is 4.74 Å². The number of hydrogen-bond acceptors (Lipinski definition) is 4. The van der Waals surface area contributed by atoms with Crippen LogP contribution in [0.3, 0.4) is 0 Å². The number of aryl methyl sites for hydroxylation is 2. The van der Waals surface area contributed by atoms with Gasteiger partial charge in [0.15, 0.2) is 0 Å². The molecule has 1 aromatic carbocycles. The van der Waals surface area contributed by atoms with Crippen LogP contribution in [0.25, 0.3) is 10.8 Å². The fraction of sp³-hybridized carbons (Fsp3) is 0.353. The van der Waals surface area contributed by atoms with Gasteiger partial charge in [0, 0.05) is 17.6 Å². The van der Waals surface area contributed by atoms with Crippen molar-refractivity contribution >= 4 is 10.8 Å². The van der Waals surface area contributed by atoms with E-state index in [0.717, 1.165) is 24.0 Å². The van der Waals surface area contributed by atoms with E-state index in [9.17, 15) is 4.79 Å². The zero-order valence-electron chi connectivity index (χ0n) is 13.0. The topological polar surface area (TPSA) is 61.9 Å². The third kappa shape index (κ3) is 2.50. The van der Waals surface area contributed by atoms with Gasteiger partial charge in [0.05, 0.1) is 30.9 Å². The summed E-state index contributed by atoms with van der Waals surface area (Å²) in [6.07, 6.45) is 5.15. The van der Waals surface area contributed by atoms with Crippen LogP contribution in [0.5, 0.6) is 5.75 Å². The molecule has 2 aromatic heterocycles. The molecule has 23 heavy (non-hydrogen) atoms. The first-order valence-corrected chi connectivity index (χ1v) is 7.84. The van der Waals surface area contributed by atoms with Crippen LogP contribution in [0, 0.1) is 0 Å². The van der Waals surface area contributed by atoms with Crippen molar-refractivity contribution in [3.8, 4) is 5.75 Å². The molecule has 0 fully saturated rings. The number of benzene rings is 1. The Kier molecular flexibility index (Phi) is 3.37. The summed E-state index contributed by atoms with van der Waals surface area (Å²) in [7, 11) is 1.59. The van der Waals surface area contributed by atoms with Gasteiger partial charge in [0.1, 0.15) is 5.75 Å². The molecule has 0 bridgehead atoms. The van der Waals surface area contributed by atoms with Crippen molar-refractivity contribution < 1.29 is 4.74 Å². The molecule has 6 heteroatoms. The molecule has 3 heterocycles. The molecule has 3 aromatic rings. The summed E-state index contributed by atoms with van der Waals surface area (Å²) in [5, 5.41) is 10.3. The molecule has 1 aliphatic rings. The van der Waals surface area contributed by atoms with Gasteiger partial charge in [0.25, 0.3) is 5.56 Å².